The van der Waals surface area contributed by atoms with E-state index in [2.05, 4.69) is 5.32 Å². The summed E-state index contributed by atoms with van der Waals surface area (Å²) < 4.78 is 0. The molecule has 0 spiro atoms. The van der Waals surface area contributed by atoms with Crippen molar-refractivity contribution in [3.63, 3.8) is 0 Å². The van der Waals surface area contributed by atoms with Crippen molar-refractivity contribution in [1.29, 1.82) is 0 Å². The van der Waals surface area contributed by atoms with Crippen LogP contribution in [-0.4, -0.2) is 12.2 Å². The quantitative estimate of drug-likeness (QED) is 0.709. The molecule has 68 valence electrons. The number of hydrogen-bond acceptors (Lipinski definition) is 2. The summed E-state index contributed by atoms with van der Waals surface area (Å²) in [6.45, 7) is 1.45. The smallest absolute Gasteiger partial charge is 0.221 e. The highest BCUT2D eigenvalue weighted by molar-refractivity contribution is 5.88. The Bertz CT molecular complexity index is 320. The first-order chi connectivity index (χ1) is 6.22. The normalized spacial score (nSPS) is 9.31. The summed E-state index contributed by atoms with van der Waals surface area (Å²) in [6.07, 6.45) is 1.22. The highest BCUT2D eigenvalue weighted by Gasteiger charge is 1.96. The van der Waals surface area contributed by atoms with Crippen LogP contribution in [0, 0.1) is 0 Å². The van der Waals surface area contributed by atoms with Crippen LogP contribution in [0.25, 0.3) is 0 Å². The predicted molar refractivity (Wildman–Crippen MR) is 50.5 cm³/mol. The lowest BCUT2D eigenvalue weighted by Crippen LogP contribution is -2.05. The molecule has 0 aliphatic heterocycles. The second-order valence-electron chi connectivity index (χ2n) is 2.75. The third kappa shape index (κ3) is 3.07. The zero-order chi connectivity index (χ0) is 9.68. The molecule has 3 heteroatoms. The molecule has 0 aromatic heterocycles. The van der Waals surface area contributed by atoms with Crippen molar-refractivity contribution in [2.45, 2.75) is 13.3 Å². The van der Waals surface area contributed by atoms with Crippen LogP contribution < -0.4 is 5.32 Å². The van der Waals surface area contributed by atoms with Crippen molar-refractivity contribution in [1.82, 2.24) is 0 Å². The summed E-state index contributed by atoms with van der Waals surface area (Å²) in [5.41, 5.74) is 1.63. The van der Waals surface area contributed by atoms with Gasteiger partial charge in [0.05, 0.1) is 0 Å². The molecule has 0 saturated carbocycles. The summed E-state index contributed by atoms with van der Waals surface area (Å²) in [5.74, 6) is -0.108. The number of aldehydes is 1. The second-order valence-corrected chi connectivity index (χ2v) is 2.75. The Kier molecular flexibility index (Phi) is 3.20. The van der Waals surface area contributed by atoms with Crippen LogP contribution in [0.2, 0.25) is 0 Å². The minimum atomic E-state index is -0.108. The molecule has 0 atom stereocenters. The van der Waals surface area contributed by atoms with Crippen molar-refractivity contribution in [2.24, 2.45) is 0 Å². The highest BCUT2D eigenvalue weighted by atomic mass is 16.1. The molecular formula is C10H11NO2. The van der Waals surface area contributed by atoms with Gasteiger partial charge >= 0.3 is 0 Å². The van der Waals surface area contributed by atoms with Gasteiger partial charge in [0.25, 0.3) is 0 Å². The van der Waals surface area contributed by atoms with E-state index in [-0.39, 0.29) is 5.91 Å². The van der Waals surface area contributed by atoms with Crippen molar-refractivity contribution in [2.75, 3.05) is 5.32 Å². The van der Waals surface area contributed by atoms with Crippen LogP contribution in [-0.2, 0) is 16.0 Å². The van der Waals surface area contributed by atoms with Gasteiger partial charge in [0.1, 0.15) is 6.29 Å². The summed E-state index contributed by atoms with van der Waals surface area (Å²) in [4.78, 5) is 20.9. The number of hydrogen-bond donors (Lipinski definition) is 1. The Balaban J connectivity index is 2.78. The van der Waals surface area contributed by atoms with Gasteiger partial charge in [0.2, 0.25) is 5.91 Å². The maximum Gasteiger partial charge on any atom is 0.221 e. The predicted octanol–water partition coefficient (Wildman–Crippen LogP) is 1.39. The van der Waals surface area contributed by atoms with E-state index in [0.717, 1.165) is 17.5 Å². The average molecular weight is 177 g/mol. The second kappa shape index (κ2) is 4.40. The van der Waals surface area contributed by atoms with E-state index in [4.69, 9.17) is 0 Å². The number of rotatable bonds is 3. The zero-order valence-electron chi connectivity index (χ0n) is 7.41. The van der Waals surface area contributed by atoms with Gasteiger partial charge < -0.3 is 10.1 Å². The summed E-state index contributed by atoms with van der Waals surface area (Å²) in [6, 6.07) is 7.23. The van der Waals surface area contributed by atoms with E-state index in [1.165, 1.54) is 6.92 Å². The molecule has 1 rings (SSSR count). The lowest BCUT2D eigenvalue weighted by molar-refractivity contribution is -0.114. The first-order valence-electron chi connectivity index (χ1n) is 4.02. The van der Waals surface area contributed by atoms with E-state index in [0.29, 0.717) is 6.42 Å². The minimum Gasteiger partial charge on any atom is -0.326 e. The first kappa shape index (κ1) is 9.45. The largest absolute Gasteiger partial charge is 0.326 e. The summed E-state index contributed by atoms with van der Waals surface area (Å²) in [5, 5.41) is 2.65. The lowest BCUT2D eigenvalue weighted by atomic mass is 10.1. The van der Waals surface area contributed by atoms with Crippen LogP contribution >= 0.6 is 0 Å². The molecule has 0 radical (unpaired) electrons. The molecule has 0 bridgehead atoms. The Morgan fingerprint density at radius 2 is 2.31 bits per heavy atom. The molecule has 0 aliphatic carbocycles. The van der Waals surface area contributed by atoms with E-state index >= 15 is 0 Å². The number of anilines is 1. The monoisotopic (exact) mass is 177 g/mol. The minimum absolute atomic E-state index is 0.108. The van der Waals surface area contributed by atoms with Crippen molar-refractivity contribution in [3.8, 4) is 0 Å². The Morgan fingerprint density at radius 3 is 2.92 bits per heavy atom. The van der Waals surface area contributed by atoms with Gasteiger partial charge in [-0.05, 0) is 17.7 Å². The fourth-order valence-electron chi connectivity index (χ4n) is 1.08. The topological polar surface area (TPSA) is 46.2 Å². The van der Waals surface area contributed by atoms with Gasteiger partial charge in [-0.1, -0.05) is 12.1 Å². The molecule has 0 saturated heterocycles. The highest BCUT2D eigenvalue weighted by Crippen LogP contribution is 2.10. The van der Waals surface area contributed by atoms with E-state index in [1.807, 2.05) is 12.1 Å². The van der Waals surface area contributed by atoms with Gasteiger partial charge in [-0.25, -0.2) is 0 Å². The standard InChI is InChI=1S/C10H11NO2/c1-8(13)11-10-4-2-3-9(7-10)5-6-12/h2-4,6-7H,5H2,1H3,(H,11,13). The number of benzene rings is 1. The Hall–Kier alpha value is -1.64. The summed E-state index contributed by atoms with van der Waals surface area (Å²) >= 11 is 0. The van der Waals surface area contributed by atoms with Gasteiger partial charge in [-0.3, -0.25) is 4.79 Å². The van der Waals surface area contributed by atoms with E-state index in [9.17, 15) is 9.59 Å². The molecule has 0 unspecified atom stereocenters. The molecular weight excluding hydrogens is 166 g/mol. The molecule has 0 aliphatic rings. The van der Waals surface area contributed by atoms with Crippen LogP contribution in [0.4, 0.5) is 5.69 Å². The fraction of sp³-hybridized carbons (Fsp3) is 0.200. The SMILES string of the molecule is CC(=O)Nc1cccc(CC=O)c1. The third-order valence-corrected chi connectivity index (χ3v) is 1.57. The molecule has 1 aromatic rings. The molecule has 0 heterocycles. The molecule has 1 aromatic carbocycles. The number of nitrogens with one attached hydrogen (secondary N) is 1. The zero-order valence-corrected chi connectivity index (χ0v) is 7.41. The Labute approximate surface area is 76.8 Å². The summed E-state index contributed by atoms with van der Waals surface area (Å²) in [7, 11) is 0. The maximum absolute atomic E-state index is 10.7. The van der Waals surface area contributed by atoms with Gasteiger partial charge in [0.15, 0.2) is 0 Å². The first-order valence-corrected chi connectivity index (χ1v) is 4.02. The third-order valence-electron chi connectivity index (χ3n) is 1.57. The molecule has 0 fully saturated rings. The average Bonchev–Trinajstić information content (AvgIpc) is 2.04. The van der Waals surface area contributed by atoms with Crippen molar-refractivity contribution in [3.05, 3.63) is 29.8 Å². The van der Waals surface area contributed by atoms with E-state index in [1.54, 1.807) is 12.1 Å². The lowest BCUT2D eigenvalue weighted by Gasteiger charge is -2.02. The van der Waals surface area contributed by atoms with Crippen molar-refractivity contribution < 1.29 is 9.59 Å². The van der Waals surface area contributed by atoms with Crippen LogP contribution in [0.1, 0.15) is 12.5 Å². The number of amides is 1. The van der Waals surface area contributed by atoms with Gasteiger partial charge in [-0.15, -0.1) is 0 Å². The molecule has 3 nitrogen and oxygen atoms in total. The molecule has 1 N–H and O–H groups in total. The molecule has 1 amide bonds. The van der Waals surface area contributed by atoms with Crippen molar-refractivity contribution >= 4 is 17.9 Å². The van der Waals surface area contributed by atoms with Crippen LogP contribution in [0.5, 0.6) is 0 Å². The fourth-order valence-corrected chi connectivity index (χ4v) is 1.08. The maximum atomic E-state index is 10.7. The van der Waals surface area contributed by atoms with E-state index < -0.39 is 0 Å². The Morgan fingerprint density at radius 1 is 1.54 bits per heavy atom. The van der Waals surface area contributed by atoms with Crippen LogP contribution in [0.15, 0.2) is 24.3 Å². The molecule has 13 heavy (non-hydrogen) atoms. The van der Waals surface area contributed by atoms with Gasteiger partial charge in [0, 0.05) is 19.0 Å². The van der Waals surface area contributed by atoms with Gasteiger partial charge in [-0.2, -0.15) is 0 Å². The van der Waals surface area contributed by atoms with Crippen LogP contribution in [0.3, 0.4) is 0 Å². The number of carbonyl (C=O) groups excluding carboxylic acids is 2. The number of carbonyl (C=O) groups is 2.